The van der Waals surface area contributed by atoms with Gasteiger partial charge in [-0.2, -0.15) is 13.2 Å². The highest BCUT2D eigenvalue weighted by molar-refractivity contribution is 8.00. The molecule has 110 valence electrons. The molecule has 0 bridgehead atoms. The lowest BCUT2D eigenvalue weighted by Gasteiger charge is -2.25. The van der Waals surface area contributed by atoms with Crippen molar-refractivity contribution < 1.29 is 18.0 Å². The third-order valence-electron chi connectivity index (χ3n) is 3.53. The van der Waals surface area contributed by atoms with Crippen molar-refractivity contribution in [1.82, 2.24) is 10.2 Å². The van der Waals surface area contributed by atoms with Crippen LogP contribution in [-0.2, 0) is 4.79 Å². The number of hydrogen-bond donors (Lipinski definition) is 1. The highest BCUT2D eigenvalue weighted by atomic mass is 32.2. The minimum absolute atomic E-state index is 0.0130. The van der Waals surface area contributed by atoms with Gasteiger partial charge < -0.3 is 4.90 Å². The predicted molar refractivity (Wildman–Crippen MR) is 68.6 cm³/mol. The summed E-state index contributed by atoms with van der Waals surface area (Å²) in [6.45, 7) is 4.26. The average Bonchev–Trinajstić information content (AvgIpc) is 2.97. The van der Waals surface area contributed by atoms with Gasteiger partial charge in [-0.25, -0.2) is 0 Å². The molecule has 1 heterocycles. The van der Waals surface area contributed by atoms with Gasteiger partial charge in [0.15, 0.2) is 0 Å². The zero-order valence-corrected chi connectivity index (χ0v) is 11.9. The SMILES string of the molecule is CC(C)CC1NC2(CC2)C(=O)N1CCSC(F)(F)F. The zero-order valence-electron chi connectivity index (χ0n) is 11.1. The molecular formula is C12H19F3N2OS. The molecule has 2 aliphatic rings. The molecule has 2 rings (SSSR count). The number of halogens is 3. The summed E-state index contributed by atoms with van der Waals surface area (Å²) in [5, 5.41) is 3.31. The van der Waals surface area contributed by atoms with Crippen molar-refractivity contribution in [3.8, 4) is 0 Å². The Morgan fingerprint density at radius 3 is 2.58 bits per heavy atom. The number of rotatable bonds is 5. The first kappa shape index (κ1) is 15.0. The molecular weight excluding hydrogens is 277 g/mol. The van der Waals surface area contributed by atoms with Crippen LogP contribution in [0.4, 0.5) is 13.2 Å². The quantitative estimate of drug-likeness (QED) is 0.846. The molecule has 7 heteroatoms. The zero-order chi connectivity index (χ0) is 14.3. The maximum absolute atomic E-state index is 12.2. The molecule has 1 saturated carbocycles. The highest BCUT2D eigenvalue weighted by Crippen LogP contribution is 2.43. The molecule has 0 aromatic carbocycles. The highest BCUT2D eigenvalue weighted by Gasteiger charge is 2.58. The number of nitrogens with one attached hydrogen (secondary N) is 1. The molecule has 2 fully saturated rings. The van der Waals surface area contributed by atoms with E-state index >= 15 is 0 Å². The topological polar surface area (TPSA) is 32.3 Å². The van der Waals surface area contributed by atoms with Gasteiger partial charge in [0, 0.05) is 12.3 Å². The van der Waals surface area contributed by atoms with Crippen molar-refractivity contribution >= 4 is 17.7 Å². The molecule has 19 heavy (non-hydrogen) atoms. The molecule has 1 N–H and O–H groups in total. The van der Waals surface area contributed by atoms with E-state index in [2.05, 4.69) is 5.32 Å². The van der Waals surface area contributed by atoms with E-state index in [9.17, 15) is 18.0 Å². The molecule has 1 atom stereocenters. The first-order chi connectivity index (χ1) is 8.73. The number of hydrogen-bond acceptors (Lipinski definition) is 3. The fourth-order valence-electron chi connectivity index (χ4n) is 2.51. The Hall–Kier alpha value is -0.430. The summed E-state index contributed by atoms with van der Waals surface area (Å²) < 4.78 is 36.4. The Morgan fingerprint density at radius 2 is 2.11 bits per heavy atom. The Labute approximate surface area is 115 Å². The second-order valence-corrected chi connectivity index (χ2v) is 6.82. The number of amides is 1. The Kier molecular flexibility index (Phi) is 4.07. The Morgan fingerprint density at radius 1 is 1.47 bits per heavy atom. The van der Waals surface area contributed by atoms with Crippen LogP contribution >= 0.6 is 11.8 Å². The summed E-state index contributed by atoms with van der Waals surface area (Å²) in [5.41, 5.74) is -4.66. The van der Waals surface area contributed by atoms with Crippen LogP contribution in [0.1, 0.15) is 33.1 Å². The molecule has 0 aromatic heterocycles. The maximum atomic E-state index is 12.2. The summed E-state index contributed by atoms with van der Waals surface area (Å²) in [6, 6.07) is 0. The van der Waals surface area contributed by atoms with Gasteiger partial charge in [0.2, 0.25) is 5.91 Å². The van der Waals surface area contributed by atoms with Gasteiger partial charge in [0.05, 0.1) is 11.7 Å². The third kappa shape index (κ3) is 3.56. The number of carbonyl (C=O) groups is 1. The normalized spacial score (nSPS) is 25.7. The second-order valence-electron chi connectivity index (χ2n) is 5.66. The average molecular weight is 296 g/mol. The molecule has 1 spiro atoms. The maximum Gasteiger partial charge on any atom is 0.441 e. The molecule has 3 nitrogen and oxygen atoms in total. The largest absolute Gasteiger partial charge is 0.441 e. The molecule has 0 radical (unpaired) electrons. The summed E-state index contributed by atoms with van der Waals surface area (Å²) >= 11 is -0.0577. The van der Waals surface area contributed by atoms with Gasteiger partial charge in [0.25, 0.3) is 0 Å². The van der Waals surface area contributed by atoms with Gasteiger partial charge >= 0.3 is 5.51 Å². The monoisotopic (exact) mass is 296 g/mol. The van der Waals surface area contributed by atoms with Crippen LogP contribution in [0.3, 0.4) is 0 Å². The van der Waals surface area contributed by atoms with Crippen LogP contribution in [0.2, 0.25) is 0 Å². The smallest absolute Gasteiger partial charge is 0.325 e. The van der Waals surface area contributed by atoms with Crippen LogP contribution in [0.5, 0.6) is 0 Å². The van der Waals surface area contributed by atoms with Crippen molar-refractivity contribution in [2.24, 2.45) is 5.92 Å². The van der Waals surface area contributed by atoms with Gasteiger partial charge in [-0.05, 0) is 36.9 Å². The molecule has 1 amide bonds. The number of carbonyl (C=O) groups excluding carboxylic acids is 1. The Balaban J connectivity index is 1.93. The van der Waals surface area contributed by atoms with Crippen molar-refractivity contribution in [2.45, 2.75) is 50.3 Å². The summed E-state index contributed by atoms with van der Waals surface area (Å²) in [7, 11) is 0. The van der Waals surface area contributed by atoms with Crippen molar-refractivity contribution in [2.75, 3.05) is 12.3 Å². The second kappa shape index (κ2) is 5.16. The molecule has 1 unspecified atom stereocenters. The summed E-state index contributed by atoms with van der Waals surface area (Å²) in [5.74, 6) is 0.291. The van der Waals surface area contributed by atoms with E-state index in [0.717, 1.165) is 19.3 Å². The van der Waals surface area contributed by atoms with E-state index in [-0.39, 0.29) is 36.1 Å². The summed E-state index contributed by atoms with van der Waals surface area (Å²) in [4.78, 5) is 13.8. The molecule has 1 saturated heterocycles. The van der Waals surface area contributed by atoms with E-state index in [1.54, 1.807) is 4.90 Å². The van der Waals surface area contributed by atoms with E-state index in [4.69, 9.17) is 0 Å². The molecule has 0 aromatic rings. The van der Waals surface area contributed by atoms with Gasteiger partial charge in [-0.15, -0.1) is 0 Å². The summed E-state index contributed by atoms with van der Waals surface area (Å²) in [6.07, 6.45) is 2.29. The van der Waals surface area contributed by atoms with E-state index < -0.39 is 11.0 Å². The predicted octanol–water partition coefficient (Wildman–Crippen LogP) is 2.58. The molecule has 1 aliphatic carbocycles. The number of thioether (sulfide) groups is 1. The lowest BCUT2D eigenvalue weighted by Crippen LogP contribution is -2.40. The fraction of sp³-hybridized carbons (Fsp3) is 0.917. The first-order valence-corrected chi connectivity index (χ1v) is 7.51. The Bertz CT molecular complexity index is 355. The minimum Gasteiger partial charge on any atom is -0.325 e. The van der Waals surface area contributed by atoms with Crippen molar-refractivity contribution in [1.29, 1.82) is 0 Å². The lowest BCUT2D eigenvalue weighted by molar-refractivity contribution is -0.130. The van der Waals surface area contributed by atoms with E-state index in [0.29, 0.717) is 5.92 Å². The van der Waals surface area contributed by atoms with Crippen molar-refractivity contribution in [3.05, 3.63) is 0 Å². The van der Waals surface area contributed by atoms with Gasteiger partial charge in [-0.3, -0.25) is 10.1 Å². The first-order valence-electron chi connectivity index (χ1n) is 6.53. The third-order valence-corrected chi connectivity index (χ3v) is 4.25. The number of nitrogens with zero attached hydrogens (tertiary/aromatic N) is 1. The van der Waals surface area contributed by atoms with Crippen LogP contribution in [-0.4, -0.2) is 40.3 Å². The molecule has 1 aliphatic heterocycles. The van der Waals surface area contributed by atoms with Gasteiger partial charge in [-0.1, -0.05) is 13.8 Å². The van der Waals surface area contributed by atoms with Crippen LogP contribution in [0, 0.1) is 5.92 Å². The number of alkyl halides is 3. The standard InChI is InChI=1S/C12H19F3N2OS/c1-8(2)7-9-16-11(3-4-11)10(18)17(9)5-6-19-12(13,14)15/h8-9,16H,3-7H2,1-2H3. The minimum atomic E-state index is -4.22. The van der Waals surface area contributed by atoms with Crippen LogP contribution in [0.25, 0.3) is 0 Å². The van der Waals surface area contributed by atoms with E-state index in [1.165, 1.54) is 0 Å². The fourth-order valence-corrected chi connectivity index (χ4v) is 3.03. The lowest BCUT2D eigenvalue weighted by atomic mass is 10.1. The van der Waals surface area contributed by atoms with Crippen LogP contribution in [0.15, 0.2) is 0 Å². The van der Waals surface area contributed by atoms with Crippen LogP contribution < -0.4 is 5.32 Å². The van der Waals surface area contributed by atoms with E-state index in [1.807, 2.05) is 13.8 Å². The van der Waals surface area contributed by atoms with Gasteiger partial charge in [0.1, 0.15) is 0 Å². The van der Waals surface area contributed by atoms with Crippen molar-refractivity contribution in [3.63, 3.8) is 0 Å².